The number of rotatable bonds is 37. The number of phosphoric ester groups is 1. The van der Waals surface area contributed by atoms with Gasteiger partial charge in [-0.15, -0.1) is 0 Å². The molecule has 0 amide bonds. The van der Waals surface area contributed by atoms with Gasteiger partial charge in [0.05, 0.1) is 13.2 Å². The molecule has 0 radical (unpaired) electrons. The first-order valence-corrected chi connectivity index (χ1v) is 21.6. The van der Waals surface area contributed by atoms with Crippen LogP contribution in [0.4, 0.5) is 0 Å². The van der Waals surface area contributed by atoms with Gasteiger partial charge in [0.2, 0.25) is 0 Å². The summed E-state index contributed by atoms with van der Waals surface area (Å²) in [5.74, 6) is -0.903. The Balaban J connectivity index is 4.30. The van der Waals surface area contributed by atoms with Crippen LogP contribution in [-0.2, 0) is 32.7 Å². The highest BCUT2D eigenvalue weighted by Crippen LogP contribution is 2.43. The van der Waals surface area contributed by atoms with Crippen molar-refractivity contribution in [2.75, 3.05) is 26.4 Å². The highest BCUT2D eigenvalue weighted by atomic mass is 31.2. The number of ether oxygens (including phenoxy) is 2. The van der Waals surface area contributed by atoms with E-state index in [9.17, 15) is 19.0 Å². The lowest BCUT2D eigenvalue weighted by molar-refractivity contribution is -0.161. The van der Waals surface area contributed by atoms with E-state index in [1.165, 1.54) is 64.2 Å². The SMILES string of the molecule is CCCCCCC=CCCCCCCCC(=O)O[C@H](COC(=O)CCCC=CCC=CCC=CCCCCCCCC)COP(=O)(O)OCCN. The zero-order valence-electron chi connectivity index (χ0n) is 32.3. The molecule has 10 heteroatoms. The Morgan fingerprint density at radius 1 is 0.588 bits per heavy atom. The summed E-state index contributed by atoms with van der Waals surface area (Å²) in [6, 6.07) is 0. The maximum absolute atomic E-state index is 12.5. The van der Waals surface area contributed by atoms with Crippen LogP contribution in [0.1, 0.15) is 168 Å². The minimum atomic E-state index is -4.39. The Labute approximate surface area is 311 Å². The lowest BCUT2D eigenvalue weighted by Gasteiger charge is -2.19. The van der Waals surface area contributed by atoms with Gasteiger partial charge < -0.3 is 20.1 Å². The molecule has 0 saturated heterocycles. The Bertz CT molecular complexity index is 981. The minimum Gasteiger partial charge on any atom is -0.462 e. The van der Waals surface area contributed by atoms with E-state index in [0.29, 0.717) is 12.8 Å². The first-order valence-electron chi connectivity index (χ1n) is 20.1. The molecule has 2 atom stereocenters. The van der Waals surface area contributed by atoms with Gasteiger partial charge in [-0.25, -0.2) is 4.57 Å². The van der Waals surface area contributed by atoms with Crippen LogP contribution in [0.25, 0.3) is 0 Å². The number of carbonyl (C=O) groups excluding carboxylic acids is 2. The van der Waals surface area contributed by atoms with Crippen molar-refractivity contribution < 1.29 is 37.6 Å². The molecule has 3 N–H and O–H groups in total. The summed E-state index contributed by atoms with van der Waals surface area (Å²) in [4.78, 5) is 34.7. The summed E-state index contributed by atoms with van der Waals surface area (Å²) in [5, 5.41) is 0. The van der Waals surface area contributed by atoms with Crippen molar-refractivity contribution in [3.05, 3.63) is 48.6 Å². The highest BCUT2D eigenvalue weighted by molar-refractivity contribution is 7.47. The zero-order valence-corrected chi connectivity index (χ0v) is 33.2. The van der Waals surface area contributed by atoms with E-state index in [4.69, 9.17) is 24.3 Å². The first kappa shape index (κ1) is 49.0. The Hall–Kier alpha value is -2.03. The summed E-state index contributed by atoms with van der Waals surface area (Å²) in [5.41, 5.74) is 5.33. The van der Waals surface area contributed by atoms with Gasteiger partial charge in [0.1, 0.15) is 6.61 Å². The monoisotopic (exact) mass is 740 g/mol. The van der Waals surface area contributed by atoms with Crippen LogP contribution < -0.4 is 5.73 Å². The van der Waals surface area contributed by atoms with Gasteiger partial charge in [-0.1, -0.05) is 133 Å². The number of hydrogen-bond acceptors (Lipinski definition) is 8. The van der Waals surface area contributed by atoms with Crippen LogP contribution in [0.5, 0.6) is 0 Å². The van der Waals surface area contributed by atoms with Gasteiger partial charge in [-0.3, -0.25) is 18.6 Å². The molecule has 0 rings (SSSR count). The molecular weight excluding hydrogens is 665 g/mol. The number of esters is 2. The molecule has 0 aromatic carbocycles. The summed E-state index contributed by atoms with van der Waals surface area (Å²) < 4.78 is 32.6. The molecule has 296 valence electrons. The number of phosphoric acid groups is 1. The number of nitrogens with two attached hydrogens (primary N) is 1. The number of hydrogen-bond donors (Lipinski definition) is 2. The third kappa shape index (κ3) is 37.5. The molecule has 0 aromatic heterocycles. The maximum Gasteiger partial charge on any atom is 0.472 e. The van der Waals surface area contributed by atoms with E-state index in [-0.39, 0.29) is 32.6 Å². The van der Waals surface area contributed by atoms with Crippen molar-refractivity contribution in [1.82, 2.24) is 0 Å². The second-order valence-corrected chi connectivity index (χ2v) is 14.6. The van der Waals surface area contributed by atoms with E-state index in [1.54, 1.807) is 0 Å². The van der Waals surface area contributed by atoms with E-state index >= 15 is 0 Å². The van der Waals surface area contributed by atoms with Gasteiger partial charge >= 0.3 is 19.8 Å². The lowest BCUT2D eigenvalue weighted by Crippen LogP contribution is -2.29. The fraction of sp³-hybridized carbons (Fsp3) is 0.756. The van der Waals surface area contributed by atoms with E-state index in [0.717, 1.165) is 64.2 Å². The molecule has 0 aliphatic carbocycles. The van der Waals surface area contributed by atoms with Crippen molar-refractivity contribution in [3.8, 4) is 0 Å². The van der Waals surface area contributed by atoms with E-state index in [1.807, 2.05) is 0 Å². The fourth-order valence-corrected chi connectivity index (χ4v) is 5.94. The smallest absolute Gasteiger partial charge is 0.462 e. The third-order valence-electron chi connectivity index (χ3n) is 8.19. The second kappa shape index (κ2) is 37.7. The van der Waals surface area contributed by atoms with E-state index in [2.05, 4.69) is 62.5 Å². The Morgan fingerprint density at radius 2 is 1.04 bits per heavy atom. The van der Waals surface area contributed by atoms with Crippen LogP contribution in [0, 0.1) is 0 Å². The minimum absolute atomic E-state index is 0.0443. The molecule has 0 aromatic rings. The largest absolute Gasteiger partial charge is 0.472 e. The summed E-state index contributed by atoms with van der Waals surface area (Å²) in [7, 11) is -4.39. The van der Waals surface area contributed by atoms with E-state index < -0.39 is 32.5 Å². The highest BCUT2D eigenvalue weighted by Gasteiger charge is 2.25. The molecular formula is C41H74NO8P. The normalized spacial score (nSPS) is 13.9. The molecule has 0 aliphatic heterocycles. The molecule has 1 unspecified atom stereocenters. The topological polar surface area (TPSA) is 134 Å². The van der Waals surface area contributed by atoms with Gasteiger partial charge in [0.25, 0.3) is 0 Å². The predicted molar refractivity (Wildman–Crippen MR) is 210 cm³/mol. The van der Waals surface area contributed by atoms with Gasteiger partial charge in [0.15, 0.2) is 6.10 Å². The summed E-state index contributed by atoms with van der Waals surface area (Å²) >= 11 is 0. The van der Waals surface area contributed by atoms with Crippen molar-refractivity contribution in [2.24, 2.45) is 5.73 Å². The van der Waals surface area contributed by atoms with Crippen molar-refractivity contribution in [1.29, 1.82) is 0 Å². The van der Waals surface area contributed by atoms with Crippen LogP contribution in [-0.4, -0.2) is 49.3 Å². The fourth-order valence-electron chi connectivity index (χ4n) is 5.17. The van der Waals surface area contributed by atoms with Crippen molar-refractivity contribution in [2.45, 2.75) is 174 Å². The number of unbranched alkanes of at least 4 members (excludes halogenated alkanes) is 16. The molecule has 9 nitrogen and oxygen atoms in total. The molecule has 51 heavy (non-hydrogen) atoms. The maximum atomic E-state index is 12.5. The first-order chi connectivity index (χ1) is 24.8. The van der Waals surface area contributed by atoms with Gasteiger partial charge in [0, 0.05) is 19.4 Å². The predicted octanol–water partition coefficient (Wildman–Crippen LogP) is 11.2. The average Bonchev–Trinajstić information content (AvgIpc) is 3.11. The molecule has 0 bridgehead atoms. The van der Waals surface area contributed by atoms with Crippen molar-refractivity contribution in [3.63, 3.8) is 0 Å². The number of allylic oxidation sites excluding steroid dienone is 8. The van der Waals surface area contributed by atoms with Crippen LogP contribution >= 0.6 is 7.82 Å². The second-order valence-electron chi connectivity index (χ2n) is 13.1. The van der Waals surface area contributed by atoms with Gasteiger partial charge in [-0.2, -0.15) is 0 Å². The lowest BCUT2D eigenvalue weighted by atomic mass is 10.1. The molecule has 0 aliphatic rings. The molecule has 0 fully saturated rings. The Morgan fingerprint density at radius 3 is 1.61 bits per heavy atom. The molecule has 0 saturated carbocycles. The van der Waals surface area contributed by atoms with Crippen molar-refractivity contribution >= 4 is 19.8 Å². The summed E-state index contributed by atoms with van der Waals surface area (Å²) in [6.45, 7) is 3.63. The Kier molecular flexibility index (Phi) is 36.2. The van der Waals surface area contributed by atoms with Gasteiger partial charge in [-0.05, 0) is 70.6 Å². The summed E-state index contributed by atoms with van der Waals surface area (Å²) in [6.07, 6.45) is 41.5. The zero-order chi connectivity index (χ0) is 37.5. The van der Waals surface area contributed by atoms with Crippen LogP contribution in [0.15, 0.2) is 48.6 Å². The van der Waals surface area contributed by atoms with Crippen LogP contribution in [0.3, 0.4) is 0 Å². The molecule has 0 spiro atoms. The molecule has 0 heterocycles. The number of carbonyl (C=O) groups is 2. The standard InChI is InChI=1S/C41H74NO8P/c1-3-5-7-9-11-13-15-17-18-19-20-22-23-25-27-29-31-33-40(43)47-37-39(38-49-51(45,46)48-36-35-42)50-41(44)34-32-30-28-26-24-21-16-14-12-10-8-6-4-2/h14,16-18,20,22,25,27,39H,3-13,15,19,21,23-24,26,28-38,42H2,1-2H3,(H,45,46)/t39-/m1/s1. The van der Waals surface area contributed by atoms with Crippen LogP contribution in [0.2, 0.25) is 0 Å². The average molecular weight is 740 g/mol. The third-order valence-corrected chi connectivity index (χ3v) is 9.17. The quantitative estimate of drug-likeness (QED) is 0.0276.